The van der Waals surface area contributed by atoms with E-state index in [1.807, 2.05) is 54.6 Å². The smallest absolute Gasteiger partial charge is 0.244 e. The lowest BCUT2D eigenvalue weighted by molar-refractivity contribution is -0.116. The van der Waals surface area contributed by atoms with Gasteiger partial charge < -0.3 is 15.6 Å². The van der Waals surface area contributed by atoms with Gasteiger partial charge in [0.05, 0.1) is 28.4 Å². The third kappa shape index (κ3) is 3.04. The average molecular weight is 385 g/mol. The number of carbonyl (C=O) groups is 1. The molecule has 0 fully saturated rings. The van der Waals surface area contributed by atoms with E-state index in [0.29, 0.717) is 22.7 Å². The summed E-state index contributed by atoms with van der Waals surface area (Å²) in [4.78, 5) is 21.7. The van der Waals surface area contributed by atoms with Gasteiger partial charge in [-0.05, 0) is 34.6 Å². The second-order valence-electron chi connectivity index (χ2n) is 6.47. The molecule has 3 heterocycles. The zero-order chi connectivity index (χ0) is 19.8. The maximum atomic E-state index is 12.8. The van der Waals surface area contributed by atoms with Crippen LogP contribution >= 0.6 is 0 Å². The second-order valence-corrected chi connectivity index (χ2v) is 6.47. The van der Waals surface area contributed by atoms with E-state index >= 15 is 0 Å². The number of hydrogen-bond donors (Lipinski definition) is 2. The zero-order valence-electron chi connectivity index (χ0n) is 15.1. The van der Waals surface area contributed by atoms with Gasteiger partial charge >= 0.3 is 0 Å². The molecule has 0 spiro atoms. The Hall–Kier alpha value is -4.27. The van der Waals surface area contributed by atoms with Crippen molar-refractivity contribution < 1.29 is 9.42 Å². The minimum atomic E-state index is -0.235. The van der Waals surface area contributed by atoms with E-state index in [9.17, 15) is 4.79 Å². The summed E-state index contributed by atoms with van der Waals surface area (Å²) in [6.45, 7) is 0.00890. The fraction of sp³-hybridized carbons (Fsp3) is 0.0500. The van der Waals surface area contributed by atoms with Crippen molar-refractivity contribution in [2.75, 3.05) is 11.1 Å². The number of benzene rings is 2. The lowest BCUT2D eigenvalue weighted by Crippen LogP contribution is -2.19. The third-order valence-corrected chi connectivity index (χ3v) is 4.56. The molecule has 29 heavy (non-hydrogen) atoms. The van der Waals surface area contributed by atoms with Gasteiger partial charge in [0.2, 0.25) is 5.91 Å². The van der Waals surface area contributed by atoms with E-state index in [-0.39, 0.29) is 18.3 Å². The van der Waals surface area contributed by atoms with E-state index in [4.69, 9.17) is 10.4 Å². The molecular formula is C20H15N7O2. The van der Waals surface area contributed by atoms with Crippen molar-refractivity contribution in [1.29, 1.82) is 0 Å². The number of imidazole rings is 1. The minimum absolute atomic E-state index is 0.00890. The van der Waals surface area contributed by atoms with Crippen molar-refractivity contribution in [2.45, 2.75) is 6.54 Å². The van der Waals surface area contributed by atoms with Crippen molar-refractivity contribution in [3.63, 3.8) is 0 Å². The molecule has 142 valence electrons. The highest BCUT2D eigenvalue weighted by molar-refractivity contribution is 5.94. The Bertz CT molecular complexity index is 1360. The Morgan fingerprint density at radius 1 is 1.07 bits per heavy atom. The molecule has 9 heteroatoms. The molecule has 0 atom stereocenters. The molecule has 5 aromatic rings. The summed E-state index contributed by atoms with van der Waals surface area (Å²) in [5, 5.41) is 11.3. The van der Waals surface area contributed by atoms with Crippen LogP contribution in [0.2, 0.25) is 0 Å². The number of hydrogen-bond acceptors (Lipinski definition) is 7. The van der Waals surface area contributed by atoms with Gasteiger partial charge in [0, 0.05) is 5.39 Å². The van der Waals surface area contributed by atoms with Crippen LogP contribution in [0.5, 0.6) is 0 Å². The number of amides is 1. The SMILES string of the molecule is Nc1nonc1-c1nc2ccccc2n1CC(=O)Nc1cnc2ccccc2c1. The number of aromatic nitrogens is 5. The molecule has 0 saturated carbocycles. The molecule has 2 aromatic carbocycles. The van der Waals surface area contributed by atoms with Gasteiger partial charge in [-0.15, -0.1) is 0 Å². The number of pyridine rings is 1. The first-order valence-corrected chi connectivity index (χ1v) is 8.87. The summed E-state index contributed by atoms with van der Waals surface area (Å²) >= 11 is 0. The maximum absolute atomic E-state index is 12.8. The van der Waals surface area contributed by atoms with Crippen LogP contribution < -0.4 is 11.1 Å². The van der Waals surface area contributed by atoms with Crippen LogP contribution in [-0.2, 0) is 11.3 Å². The predicted molar refractivity (Wildman–Crippen MR) is 108 cm³/mol. The number of fused-ring (bicyclic) bond motifs is 2. The number of para-hydroxylation sites is 3. The molecule has 0 saturated heterocycles. The topological polar surface area (TPSA) is 125 Å². The monoisotopic (exact) mass is 385 g/mol. The third-order valence-electron chi connectivity index (χ3n) is 4.56. The highest BCUT2D eigenvalue weighted by Gasteiger charge is 2.20. The fourth-order valence-corrected chi connectivity index (χ4v) is 3.25. The van der Waals surface area contributed by atoms with Gasteiger partial charge in [-0.2, -0.15) is 0 Å². The number of anilines is 2. The van der Waals surface area contributed by atoms with Crippen LogP contribution in [0.15, 0.2) is 65.4 Å². The summed E-state index contributed by atoms with van der Waals surface area (Å²) in [6, 6.07) is 17.1. The Labute approximate surface area is 164 Å². The number of nitrogens with two attached hydrogens (primary N) is 1. The van der Waals surface area contributed by atoms with E-state index in [0.717, 1.165) is 16.4 Å². The molecule has 0 bridgehead atoms. The molecule has 0 aliphatic rings. The fourth-order valence-electron chi connectivity index (χ4n) is 3.25. The summed E-state index contributed by atoms with van der Waals surface area (Å²) in [5.41, 5.74) is 9.10. The van der Waals surface area contributed by atoms with Gasteiger partial charge in [-0.1, -0.05) is 30.3 Å². The summed E-state index contributed by atoms with van der Waals surface area (Å²) in [7, 11) is 0. The van der Waals surface area contributed by atoms with E-state index in [1.54, 1.807) is 10.8 Å². The standard InChI is InChI=1S/C20H15N7O2/c21-19-18(25-29-26-19)20-24-15-7-3-4-8-16(15)27(20)11-17(28)23-13-9-12-5-1-2-6-14(12)22-10-13/h1-10H,11H2,(H2,21,26)(H,23,28). The normalized spacial score (nSPS) is 11.2. The van der Waals surface area contributed by atoms with Crippen LogP contribution in [0.3, 0.4) is 0 Å². The number of nitrogen functional groups attached to an aromatic ring is 1. The molecule has 9 nitrogen and oxygen atoms in total. The number of nitrogens with zero attached hydrogens (tertiary/aromatic N) is 5. The molecule has 5 rings (SSSR count). The number of carbonyl (C=O) groups excluding carboxylic acids is 1. The molecule has 1 amide bonds. The van der Waals surface area contributed by atoms with Crippen LogP contribution in [0.1, 0.15) is 0 Å². The van der Waals surface area contributed by atoms with Gasteiger partial charge in [0.1, 0.15) is 6.54 Å². The molecule has 3 aromatic heterocycles. The largest absolute Gasteiger partial charge is 0.379 e. The Balaban J connectivity index is 1.49. The molecular weight excluding hydrogens is 370 g/mol. The zero-order valence-corrected chi connectivity index (χ0v) is 15.1. The molecule has 0 aliphatic carbocycles. The Kier molecular flexibility index (Phi) is 3.91. The molecule has 0 unspecified atom stereocenters. The average Bonchev–Trinajstić information content (AvgIpc) is 3.31. The summed E-state index contributed by atoms with van der Waals surface area (Å²) in [6.07, 6.45) is 1.63. The van der Waals surface area contributed by atoms with E-state index < -0.39 is 0 Å². The van der Waals surface area contributed by atoms with Crippen molar-refractivity contribution in [2.24, 2.45) is 0 Å². The maximum Gasteiger partial charge on any atom is 0.244 e. The summed E-state index contributed by atoms with van der Waals surface area (Å²) < 4.78 is 6.44. The van der Waals surface area contributed by atoms with Gasteiger partial charge in [0.25, 0.3) is 0 Å². The van der Waals surface area contributed by atoms with Crippen LogP contribution in [0, 0.1) is 0 Å². The minimum Gasteiger partial charge on any atom is -0.379 e. The lowest BCUT2D eigenvalue weighted by Gasteiger charge is -2.09. The number of rotatable bonds is 4. The van der Waals surface area contributed by atoms with Crippen LogP contribution in [-0.4, -0.2) is 30.8 Å². The first-order valence-electron chi connectivity index (χ1n) is 8.87. The number of nitrogens with one attached hydrogen (secondary N) is 1. The molecule has 0 aliphatic heterocycles. The van der Waals surface area contributed by atoms with Crippen LogP contribution in [0.25, 0.3) is 33.5 Å². The van der Waals surface area contributed by atoms with Crippen LogP contribution in [0.4, 0.5) is 11.5 Å². The van der Waals surface area contributed by atoms with Crippen molar-refractivity contribution >= 4 is 39.3 Å². The Morgan fingerprint density at radius 2 is 1.86 bits per heavy atom. The lowest BCUT2D eigenvalue weighted by atomic mass is 10.2. The van der Waals surface area contributed by atoms with Gasteiger partial charge in [-0.25, -0.2) is 9.61 Å². The second kappa shape index (κ2) is 6.71. The Morgan fingerprint density at radius 3 is 2.69 bits per heavy atom. The van der Waals surface area contributed by atoms with Crippen molar-refractivity contribution in [3.8, 4) is 11.5 Å². The highest BCUT2D eigenvalue weighted by Crippen LogP contribution is 2.26. The van der Waals surface area contributed by atoms with E-state index in [2.05, 4.69) is 25.6 Å². The van der Waals surface area contributed by atoms with E-state index in [1.165, 1.54) is 0 Å². The summed E-state index contributed by atoms with van der Waals surface area (Å²) in [5.74, 6) is 0.291. The van der Waals surface area contributed by atoms with Crippen molar-refractivity contribution in [1.82, 2.24) is 24.8 Å². The quantitative estimate of drug-likeness (QED) is 0.487. The van der Waals surface area contributed by atoms with Gasteiger partial charge in [0.15, 0.2) is 17.3 Å². The predicted octanol–water partition coefficient (Wildman–Crippen LogP) is 2.86. The molecule has 0 radical (unpaired) electrons. The highest BCUT2D eigenvalue weighted by atomic mass is 16.6. The first-order chi connectivity index (χ1) is 14.2. The van der Waals surface area contributed by atoms with Gasteiger partial charge in [-0.3, -0.25) is 9.78 Å². The molecule has 3 N–H and O–H groups in total. The first kappa shape index (κ1) is 16.9. The van der Waals surface area contributed by atoms with Crippen molar-refractivity contribution in [3.05, 3.63) is 60.8 Å².